The van der Waals surface area contributed by atoms with Crippen molar-refractivity contribution in [3.05, 3.63) is 64.7 Å². The Morgan fingerprint density at radius 3 is 2.58 bits per heavy atom. The Labute approximate surface area is 146 Å². The molecule has 0 atom stereocenters. The highest BCUT2D eigenvalue weighted by Gasteiger charge is 2.18. The zero-order chi connectivity index (χ0) is 17.4. The van der Waals surface area contributed by atoms with Crippen molar-refractivity contribution in [2.45, 2.75) is 13.5 Å². The molecule has 2 aromatic carbocycles. The Bertz CT molecular complexity index is 732. The monoisotopic (exact) mass is 346 g/mol. The Kier molecular flexibility index (Phi) is 6.63. The van der Waals surface area contributed by atoms with E-state index in [1.54, 1.807) is 18.2 Å². The van der Waals surface area contributed by atoms with Crippen LogP contribution in [0.15, 0.2) is 53.7 Å². The van der Waals surface area contributed by atoms with Crippen LogP contribution in [-0.2, 0) is 16.2 Å². The minimum atomic E-state index is -0.301. The van der Waals surface area contributed by atoms with Gasteiger partial charge in [0.25, 0.3) is 5.91 Å². The summed E-state index contributed by atoms with van der Waals surface area (Å²) in [6.45, 7) is 2.59. The molecule has 1 N–H and O–H groups in total. The number of rotatable bonds is 7. The lowest BCUT2D eigenvalue weighted by Gasteiger charge is -2.13. The SMILES string of the molecule is CCNC(=O)C(=NOC)c1ccccc1COc1ccccc1Cl. The summed E-state index contributed by atoms with van der Waals surface area (Å²) in [5, 5.41) is 7.13. The standard InChI is InChI=1S/C18H19ClN2O3/c1-3-20-18(22)17(21-23-2)14-9-5-4-8-13(14)12-24-16-11-7-6-10-15(16)19/h4-11H,3,12H2,1-2H3,(H,20,22). The lowest BCUT2D eigenvalue weighted by Crippen LogP contribution is -2.32. The van der Waals surface area contributed by atoms with Gasteiger partial charge in [-0.3, -0.25) is 4.79 Å². The zero-order valence-corrected chi connectivity index (χ0v) is 14.3. The summed E-state index contributed by atoms with van der Waals surface area (Å²) in [5.74, 6) is 0.279. The van der Waals surface area contributed by atoms with Gasteiger partial charge >= 0.3 is 0 Å². The van der Waals surface area contributed by atoms with E-state index in [4.69, 9.17) is 21.2 Å². The Morgan fingerprint density at radius 1 is 1.17 bits per heavy atom. The van der Waals surface area contributed by atoms with Gasteiger partial charge in [-0.1, -0.05) is 53.2 Å². The fourth-order valence-electron chi connectivity index (χ4n) is 2.14. The normalized spacial score (nSPS) is 11.0. The molecule has 5 nitrogen and oxygen atoms in total. The lowest BCUT2D eigenvalue weighted by atomic mass is 10.0. The highest BCUT2D eigenvalue weighted by atomic mass is 35.5. The molecule has 0 fully saturated rings. The number of nitrogens with one attached hydrogen (secondary N) is 1. The summed E-state index contributed by atoms with van der Waals surface area (Å²) in [5.41, 5.74) is 1.66. The number of hydrogen-bond donors (Lipinski definition) is 1. The molecule has 0 aliphatic carbocycles. The maximum Gasteiger partial charge on any atom is 0.273 e. The average molecular weight is 347 g/mol. The Balaban J connectivity index is 2.27. The van der Waals surface area contributed by atoms with E-state index in [1.807, 2.05) is 37.3 Å². The van der Waals surface area contributed by atoms with E-state index >= 15 is 0 Å². The Hall–Kier alpha value is -2.53. The molecule has 0 saturated carbocycles. The highest BCUT2D eigenvalue weighted by Crippen LogP contribution is 2.24. The van der Waals surface area contributed by atoms with Gasteiger partial charge in [-0.15, -0.1) is 0 Å². The summed E-state index contributed by atoms with van der Waals surface area (Å²) in [6.07, 6.45) is 0. The van der Waals surface area contributed by atoms with Gasteiger partial charge in [0.2, 0.25) is 0 Å². The molecule has 0 unspecified atom stereocenters. The maximum absolute atomic E-state index is 12.2. The zero-order valence-electron chi connectivity index (χ0n) is 13.6. The van der Waals surface area contributed by atoms with Gasteiger partial charge in [0.05, 0.1) is 5.02 Å². The van der Waals surface area contributed by atoms with Crippen molar-refractivity contribution in [1.29, 1.82) is 0 Å². The first kappa shape index (κ1) is 17.8. The number of benzene rings is 2. The quantitative estimate of drug-likeness (QED) is 0.617. The third-order valence-electron chi connectivity index (χ3n) is 3.23. The minimum absolute atomic E-state index is 0.206. The number of carbonyl (C=O) groups is 1. The van der Waals surface area contributed by atoms with Crippen molar-refractivity contribution in [3.63, 3.8) is 0 Å². The fourth-order valence-corrected chi connectivity index (χ4v) is 2.33. The van der Waals surface area contributed by atoms with Crippen LogP contribution in [0, 0.1) is 0 Å². The number of likely N-dealkylation sites (N-methyl/N-ethyl adjacent to an activating group) is 1. The topological polar surface area (TPSA) is 59.9 Å². The summed E-state index contributed by atoms with van der Waals surface area (Å²) in [4.78, 5) is 17.1. The molecule has 6 heteroatoms. The molecule has 0 spiro atoms. The minimum Gasteiger partial charge on any atom is -0.487 e. The molecular formula is C18H19ClN2O3. The van der Waals surface area contributed by atoms with Crippen molar-refractivity contribution in [2.24, 2.45) is 5.16 Å². The molecule has 24 heavy (non-hydrogen) atoms. The largest absolute Gasteiger partial charge is 0.487 e. The second-order valence-corrected chi connectivity index (χ2v) is 5.27. The number of nitrogens with zero attached hydrogens (tertiary/aromatic N) is 1. The van der Waals surface area contributed by atoms with Gasteiger partial charge in [-0.05, 0) is 24.6 Å². The summed E-state index contributed by atoms with van der Waals surface area (Å²) in [7, 11) is 1.40. The van der Waals surface area contributed by atoms with E-state index in [1.165, 1.54) is 7.11 Å². The molecule has 0 aromatic heterocycles. The number of para-hydroxylation sites is 1. The van der Waals surface area contributed by atoms with Crippen LogP contribution in [-0.4, -0.2) is 25.3 Å². The van der Waals surface area contributed by atoms with Crippen molar-refractivity contribution in [3.8, 4) is 5.75 Å². The summed E-state index contributed by atoms with van der Waals surface area (Å²) >= 11 is 6.10. The van der Waals surface area contributed by atoms with E-state index in [9.17, 15) is 4.79 Å². The lowest BCUT2D eigenvalue weighted by molar-refractivity contribution is -0.114. The van der Waals surface area contributed by atoms with Crippen LogP contribution in [0.3, 0.4) is 0 Å². The van der Waals surface area contributed by atoms with Crippen LogP contribution in [0.1, 0.15) is 18.1 Å². The van der Waals surface area contributed by atoms with Gasteiger partial charge < -0.3 is 14.9 Å². The van der Waals surface area contributed by atoms with Crippen LogP contribution in [0.5, 0.6) is 5.75 Å². The van der Waals surface area contributed by atoms with Gasteiger partial charge in [-0.25, -0.2) is 0 Å². The molecule has 0 bridgehead atoms. The molecule has 126 valence electrons. The first-order valence-electron chi connectivity index (χ1n) is 7.52. The number of ether oxygens (including phenoxy) is 1. The smallest absolute Gasteiger partial charge is 0.273 e. The molecule has 0 aliphatic heterocycles. The van der Waals surface area contributed by atoms with Crippen LogP contribution in [0.25, 0.3) is 0 Å². The Morgan fingerprint density at radius 2 is 1.88 bits per heavy atom. The van der Waals surface area contributed by atoms with Crippen LogP contribution in [0.2, 0.25) is 5.02 Å². The summed E-state index contributed by atoms with van der Waals surface area (Å²) in [6, 6.07) is 14.6. The van der Waals surface area contributed by atoms with Crippen molar-refractivity contribution >= 4 is 23.2 Å². The first-order chi connectivity index (χ1) is 11.7. The number of amides is 1. The predicted molar refractivity (Wildman–Crippen MR) is 94.5 cm³/mol. The molecule has 2 aromatic rings. The van der Waals surface area contributed by atoms with Gasteiger partial charge in [-0.2, -0.15) is 0 Å². The maximum atomic E-state index is 12.2. The van der Waals surface area contributed by atoms with E-state index in [2.05, 4.69) is 10.5 Å². The molecule has 1 amide bonds. The van der Waals surface area contributed by atoms with Crippen LogP contribution < -0.4 is 10.1 Å². The van der Waals surface area contributed by atoms with Crippen LogP contribution in [0.4, 0.5) is 0 Å². The fraction of sp³-hybridized carbons (Fsp3) is 0.222. The molecule has 0 radical (unpaired) electrons. The van der Waals surface area contributed by atoms with E-state index in [-0.39, 0.29) is 18.2 Å². The second-order valence-electron chi connectivity index (χ2n) is 4.86. The number of halogens is 1. The van der Waals surface area contributed by atoms with Crippen LogP contribution >= 0.6 is 11.6 Å². The molecule has 2 rings (SSSR count). The average Bonchev–Trinajstić information content (AvgIpc) is 2.59. The second kappa shape index (κ2) is 8.93. The summed E-state index contributed by atoms with van der Waals surface area (Å²) < 4.78 is 5.77. The molecule has 0 heterocycles. The van der Waals surface area contributed by atoms with Gasteiger partial charge in [0.1, 0.15) is 19.5 Å². The number of hydrogen-bond acceptors (Lipinski definition) is 4. The third kappa shape index (κ3) is 4.49. The predicted octanol–water partition coefficient (Wildman–Crippen LogP) is 3.41. The van der Waals surface area contributed by atoms with Crippen molar-refractivity contribution < 1.29 is 14.4 Å². The number of carbonyl (C=O) groups excluding carboxylic acids is 1. The highest BCUT2D eigenvalue weighted by molar-refractivity contribution is 6.45. The third-order valence-corrected chi connectivity index (χ3v) is 3.54. The van der Waals surface area contributed by atoms with Crippen molar-refractivity contribution in [1.82, 2.24) is 5.32 Å². The molecule has 0 aliphatic rings. The van der Waals surface area contributed by atoms with E-state index in [0.717, 1.165) is 5.56 Å². The van der Waals surface area contributed by atoms with Crippen molar-refractivity contribution in [2.75, 3.05) is 13.7 Å². The first-order valence-corrected chi connectivity index (χ1v) is 7.90. The number of oxime groups is 1. The van der Waals surface area contributed by atoms with E-state index < -0.39 is 0 Å². The molecule has 0 saturated heterocycles. The molecular weight excluding hydrogens is 328 g/mol. The van der Waals surface area contributed by atoms with Gasteiger partial charge in [0, 0.05) is 12.1 Å². The van der Waals surface area contributed by atoms with Gasteiger partial charge in [0.15, 0.2) is 5.71 Å². The van der Waals surface area contributed by atoms with E-state index in [0.29, 0.717) is 22.9 Å².